The first-order valence-electron chi connectivity index (χ1n) is 8.79. The molecule has 2 aromatic carbocycles. The van der Waals surface area contributed by atoms with Gasteiger partial charge < -0.3 is 4.98 Å². The van der Waals surface area contributed by atoms with Crippen molar-refractivity contribution in [1.82, 2.24) is 4.98 Å². The maximum Gasteiger partial charge on any atom is 0.151 e. The van der Waals surface area contributed by atoms with Crippen LogP contribution in [0.1, 0.15) is 36.0 Å². The molecular weight excluding hydrogens is 399 g/mol. The van der Waals surface area contributed by atoms with E-state index in [9.17, 15) is 18.1 Å². The summed E-state index contributed by atoms with van der Waals surface area (Å²) in [5.41, 5.74) is 2.66. The Labute approximate surface area is 168 Å². The minimum absolute atomic E-state index is 0.0853. The van der Waals surface area contributed by atoms with E-state index in [0.29, 0.717) is 21.7 Å². The van der Waals surface area contributed by atoms with Crippen molar-refractivity contribution in [3.05, 3.63) is 70.1 Å². The average molecular weight is 419 g/mol. The van der Waals surface area contributed by atoms with Crippen LogP contribution in [0.5, 0.6) is 0 Å². The zero-order valence-electron chi connectivity index (χ0n) is 15.5. The summed E-state index contributed by atoms with van der Waals surface area (Å²) in [5, 5.41) is 10.3. The first kappa shape index (κ1) is 20.4. The SMILES string of the molecule is CC(CC#N)C(c1ccc(Cl)cc1F)c1c[nH]c2c(CS(C)(=O)=O)cccc12. The van der Waals surface area contributed by atoms with Gasteiger partial charge >= 0.3 is 0 Å². The molecule has 2 unspecified atom stereocenters. The Morgan fingerprint density at radius 2 is 2.00 bits per heavy atom. The molecule has 0 aliphatic carbocycles. The van der Waals surface area contributed by atoms with Crippen LogP contribution < -0.4 is 0 Å². The zero-order chi connectivity index (χ0) is 20.5. The second-order valence-electron chi connectivity index (χ2n) is 7.14. The minimum atomic E-state index is -3.21. The van der Waals surface area contributed by atoms with Gasteiger partial charge in [0.25, 0.3) is 0 Å². The minimum Gasteiger partial charge on any atom is -0.361 e. The molecule has 0 radical (unpaired) electrons. The number of H-pyrrole nitrogens is 1. The summed E-state index contributed by atoms with van der Waals surface area (Å²) in [5.74, 6) is -1.04. The van der Waals surface area contributed by atoms with E-state index in [1.165, 1.54) is 12.3 Å². The monoisotopic (exact) mass is 418 g/mol. The van der Waals surface area contributed by atoms with Gasteiger partial charge in [-0.05, 0) is 34.7 Å². The lowest BCUT2D eigenvalue weighted by molar-refractivity contribution is 0.498. The molecule has 4 nitrogen and oxygen atoms in total. The predicted molar refractivity (Wildman–Crippen MR) is 109 cm³/mol. The molecule has 1 aromatic heterocycles. The van der Waals surface area contributed by atoms with Gasteiger partial charge in [0.15, 0.2) is 9.84 Å². The molecular formula is C21H20ClFN2O2S. The molecule has 28 heavy (non-hydrogen) atoms. The molecule has 1 N–H and O–H groups in total. The number of aromatic amines is 1. The van der Waals surface area contributed by atoms with Crippen LogP contribution in [0.4, 0.5) is 4.39 Å². The molecule has 7 heteroatoms. The van der Waals surface area contributed by atoms with E-state index < -0.39 is 15.7 Å². The molecule has 1 heterocycles. The summed E-state index contributed by atoms with van der Waals surface area (Å²) in [6.07, 6.45) is 3.22. The predicted octanol–water partition coefficient (Wildman–Crippen LogP) is 5.19. The third-order valence-electron chi connectivity index (χ3n) is 4.87. The van der Waals surface area contributed by atoms with Crippen molar-refractivity contribution in [2.24, 2.45) is 5.92 Å². The summed E-state index contributed by atoms with van der Waals surface area (Å²) < 4.78 is 38.3. The fraction of sp³-hybridized carbons (Fsp3) is 0.286. The zero-order valence-corrected chi connectivity index (χ0v) is 17.1. The largest absolute Gasteiger partial charge is 0.361 e. The number of hydrogen-bond donors (Lipinski definition) is 1. The third-order valence-corrected chi connectivity index (χ3v) is 5.94. The summed E-state index contributed by atoms with van der Waals surface area (Å²) in [7, 11) is -3.21. The number of nitrogens with one attached hydrogen (secondary N) is 1. The van der Waals surface area contributed by atoms with E-state index in [-0.39, 0.29) is 24.0 Å². The number of benzene rings is 2. The highest BCUT2D eigenvalue weighted by atomic mass is 35.5. The highest BCUT2D eigenvalue weighted by Crippen LogP contribution is 2.40. The van der Waals surface area contributed by atoms with E-state index >= 15 is 0 Å². The van der Waals surface area contributed by atoms with E-state index in [2.05, 4.69) is 11.1 Å². The van der Waals surface area contributed by atoms with Crippen LogP contribution in [-0.2, 0) is 15.6 Å². The Morgan fingerprint density at radius 3 is 2.64 bits per heavy atom. The van der Waals surface area contributed by atoms with Gasteiger partial charge in [-0.2, -0.15) is 5.26 Å². The maximum absolute atomic E-state index is 14.7. The summed E-state index contributed by atoms with van der Waals surface area (Å²) in [6, 6.07) is 12.2. The fourth-order valence-electron chi connectivity index (χ4n) is 3.70. The Kier molecular flexibility index (Phi) is 5.78. The molecule has 3 rings (SSSR count). The first-order chi connectivity index (χ1) is 13.2. The summed E-state index contributed by atoms with van der Waals surface area (Å²) in [4.78, 5) is 3.16. The second kappa shape index (κ2) is 7.94. The average Bonchev–Trinajstić information content (AvgIpc) is 3.01. The molecule has 0 spiro atoms. The van der Waals surface area contributed by atoms with Crippen molar-refractivity contribution in [1.29, 1.82) is 5.26 Å². The molecule has 146 valence electrons. The van der Waals surface area contributed by atoms with Crippen LogP contribution >= 0.6 is 11.6 Å². The molecule has 0 aliphatic heterocycles. The van der Waals surface area contributed by atoms with Gasteiger partial charge in [-0.1, -0.05) is 42.8 Å². The highest BCUT2D eigenvalue weighted by molar-refractivity contribution is 7.89. The standard InChI is InChI=1S/C21H20ClFN2O2S/c1-13(8-9-24)20(17-7-6-15(22)10-19(17)23)18-11-25-21-14(12-28(2,26)27)4-3-5-16(18)21/h3-7,10-11,13,20,25H,8,12H2,1-2H3. The van der Waals surface area contributed by atoms with Gasteiger partial charge in [0.1, 0.15) is 5.82 Å². The quantitative estimate of drug-likeness (QED) is 0.598. The fourth-order valence-corrected chi connectivity index (χ4v) is 4.66. The second-order valence-corrected chi connectivity index (χ2v) is 9.71. The van der Waals surface area contributed by atoms with Crippen LogP contribution in [0.15, 0.2) is 42.6 Å². The molecule has 0 saturated carbocycles. The van der Waals surface area contributed by atoms with Crippen LogP contribution in [-0.4, -0.2) is 19.7 Å². The van der Waals surface area contributed by atoms with Crippen molar-refractivity contribution in [3.63, 3.8) is 0 Å². The maximum atomic E-state index is 14.7. The number of nitrogens with zero attached hydrogens (tertiary/aromatic N) is 1. The van der Waals surface area contributed by atoms with E-state index in [1.54, 1.807) is 30.5 Å². The number of sulfone groups is 1. The van der Waals surface area contributed by atoms with Crippen LogP contribution in [0.2, 0.25) is 5.02 Å². The number of rotatable bonds is 6. The lowest BCUT2D eigenvalue weighted by Gasteiger charge is -2.23. The van der Waals surface area contributed by atoms with Crippen molar-refractivity contribution in [2.75, 3.05) is 6.26 Å². The lowest BCUT2D eigenvalue weighted by atomic mass is 9.80. The van der Waals surface area contributed by atoms with Gasteiger partial charge in [0.2, 0.25) is 0 Å². The number of nitriles is 1. The van der Waals surface area contributed by atoms with Gasteiger partial charge in [0.05, 0.1) is 11.8 Å². The molecule has 0 saturated heterocycles. The van der Waals surface area contributed by atoms with E-state index in [0.717, 1.165) is 10.9 Å². The smallest absolute Gasteiger partial charge is 0.151 e. The number of para-hydroxylation sites is 1. The van der Waals surface area contributed by atoms with Crippen LogP contribution in [0.3, 0.4) is 0 Å². The van der Waals surface area contributed by atoms with Gasteiger partial charge in [-0.15, -0.1) is 0 Å². The van der Waals surface area contributed by atoms with Gasteiger partial charge in [-0.25, -0.2) is 12.8 Å². The molecule has 0 aliphatic rings. The van der Waals surface area contributed by atoms with Crippen LogP contribution in [0, 0.1) is 23.1 Å². The number of halogens is 2. The highest BCUT2D eigenvalue weighted by Gasteiger charge is 2.27. The molecule has 2 atom stereocenters. The van der Waals surface area contributed by atoms with Crippen molar-refractivity contribution in [2.45, 2.75) is 25.0 Å². The Bertz CT molecular complexity index is 1160. The Balaban J connectivity index is 2.19. The van der Waals surface area contributed by atoms with Crippen molar-refractivity contribution >= 4 is 32.3 Å². The number of aromatic nitrogens is 1. The normalized spacial score (nSPS) is 14.0. The summed E-state index contributed by atoms with van der Waals surface area (Å²) >= 11 is 5.91. The lowest BCUT2D eigenvalue weighted by Crippen LogP contribution is -2.13. The van der Waals surface area contributed by atoms with Crippen molar-refractivity contribution in [3.8, 4) is 6.07 Å². The molecule has 0 amide bonds. The first-order valence-corrected chi connectivity index (χ1v) is 11.2. The number of hydrogen-bond acceptors (Lipinski definition) is 3. The summed E-state index contributed by atoms with van der Waals surface area (Å²) in [6.45, 7) is 1.90. The topological polar surface area (TPSA) is 73.7 Å². The molecule has 0 fully saturated rings. The third kappa shape index (κ3) is 4.21. The molecule has 0 bridgehead atoms. The Hall–Kier alpha value is -2.36. The van der Waals surface area contributed by atoms with E-state index in [4.69, 9.17) is 11.6 Å². The van der Waals surface area contributed by atoms with Gasteiger partial charge in [0, 0.05) is 40.7 Å². The van der Waals surface area contributed by atoms with Gasteiger partial charge in [-0.3, -0.25) is 0 Å². The van der Waals surface area contributed by atoms with Crippen LogP contribution in [0.25, 0.3) is 10.9 Å². The Morgan fingerprint density at radius 1 is 1.25 bits per heavy atom. The van der Waals surface area contributed by atoms with E-state index in [1.807, 2.05) is 13.0 Å². The number of fused-ring (bicyclic) bond motifs is 1. The molecule has 3 aromatic rings. The van der Waals surface area contributed by atoms with Crippen molar-refractivity contribution < 1.29 is 12.8 Å².